The molecule has 0 radical (unpaired) electrons. The highest BCUT2D eigenvalue weighted by molar-refractivity contribution is 7.15. The van der Waals surface area contributed by atoms with Crippen molar-refractivity contribution in [3.05, 3.63) is 46.0 Å². The van der Waals surface area contributed by atoms with Crippen LogP contribution in [-0.4, -0.2) is 29.7 Å². The van der Waals surface area contributed by atoms with E-state index in [9.17, 15) is 9.90 Å². The summed E-state index contributed by atoms with van der Waals surface area (Å²) in [7, 11) is 1.53. The highest BCUT2D eigenvalue weighted by Crippen LogP contribution is 2.25. The van der Waals surface area contributed by atoms with E-state index in [1.54, 1.807) is 6.92 Å². The van der Waals surface area contributed by atoms with E-state index in [2.05, 4.69) is 10.3 Å². The molecule has 2 aromatic rings. The molecule has 22 heavy (non-hydrogen) atoms. The largest absolute Gasteiger partial charge is 0.473 e. The molecule has 1 atom stereocenters. The minimum absolute atomic E-state index is 0.00379. The van der Waals surface area contributed by atoms with Crippen molar-refractivity contribution < 1.29 is 14.6 Å². The highest BCUT2D eigenvalue weighted by Gasteiger charge is 2.20. The average Bonchev–Trinajstić information content (AvgIpc) is 2.89. The molecule has 0 bridgehead atoms. The summed E-state index contributed by atoms with van der Waals surface area (Å²) < 4.78 is 5.06. The number of carbonyl (C=O) groups is 1. The molecule has 1 amide bonds. The first kappa shape index (κ1) is 16.5. The second-order valence-corrected chi connectivity index (χ2v) is 6.01. The van der Waals surface area contributed by atoms with Crippen LogP contribution in [0.1, 0.15) is 39.0 Å². The number of aliphatic hydroxyl groups is 1. The number of ether oxygens (including phenoxy) is 1. The van der Waals surface area contributed by atoms with Gasteiger partial charge in [0.2, 0.25) is 0 Å². The van der Waals surface area contributed by atoms with Gasteiger partial charge in [0.05, 0.1) is 18.8 Å². The predicted molar refractivity (Wildman–Crippen MR) is 86.5 cm³/mol. The summed E-state index contributed by atoms with van der Waals surface area (Å²) in [6, 6.07) is 7.69. The second kappa shape index (κ2) is 7.38. The van der Waals surface area contributed by atoms with Gasteiger partial charge in [0.15, 0.2) is 0 Å². The number of aliphatic hydroxyl groups excluding tert-OH is 1. The summed E-state index contributed by atoms with van der Waals surface area (Å²) in [5, 5.41) is 12.7. The number of hydrogen-bond acceptors (Lipinski definition) is 5. The van der Waals surface area contributed by atoms with E-state index < -0.39 is 0 Å². The first-order valence-corrected chi connectivity index (χ1v) is 7.86. The van der Waals surface area contributed by atoms with Gasteiger partial charge < -0.3 is 15.2 Å². The molecule has 0 unspecified atom stereocenters. The molecule has 1 heterocycles. The van der Waals surface area contributed by atoms with Crippen LogP contribution in [0.3, 0.4) is 0 Å². The van der Waals surface area contributed by atoms with Gasteiger partial charge in [-0.3, -0.25) is 4.79 Å². The molecule has 0 aliphatic heterocycles. The summed E-state index contributed by atoms with van der Waals surface area (Å²) in [6.07, 6.45) is 0.462. The standard InChI is InChI=1S/C16H20N2O3S/c1-10-4-6-12(7-5-10)13(8-9-19)18-15(20)14-11(2)17-16(21-3)22-14/h4-7,13,19H,8-9H2,1-3H3,(H,18,20)/t13-/m0/s1. The van der Waals surface area contributed by atoms with Crippen molar-refractivity contribution in [3.63, 3.8) is 0 Å². The number of benzene rings is 1. The van der Waals surface area contributed by atoms with Gasteiger partial charge in [-0.25, -0.2) is 4.98 Å². The monoisotopic (exact) mass is 320 g/mol. The van der Waals surface area contributed by atoms with Crippen LogP contribution >= 0.6 is 11.3 Å². The number of aryl methyl sites for hydroxylation is 2. The zero-order chi connectivity index (χ0) is 16.1. The van der Waals surface area contributed by atoms with E-state index in [1.807, 2.05) is 31.2 Å². The van der Waals surface area contributed by atoms with Gasteiger partial charge in [-0.05, 0) is 25.8 Å². The van der Waals surface area contributed by atoms with Gasteiger partial charge in [-0.15, -0.1) is 0 Å². The zero-order valence-corrected chi connectivity index (χ0v) is 13.7. The fourth-order valence-electron chi connectivity index (χ4n) is 2.14. The summed E-state index contributed by atoms with van der Waals surface area (Å²) >= 11 is 1.22. The summed E-state index contributed by atoms with van der Waals surface area (Å²) in [5.41, 5.74) is 2.77. The number of carbonyl (C=O) groups excluding carboxylic acids is 1. The van der Waals surface area contributed by atoms with E-state index in [1.165, 1.54) is 18.4 Å². The lowest BCUT2D eigenvalue weighted by molar-refractivity contribution is 0.0933. The summed E-state index contributed by atoms with van der Waals surface area (Å²) in [6.45, 7) is 3.79. The molecule has 0 saturated heterocycles. The molecule has 2 N–H and O–H groups in total. The maximum absolute atomic E-state index is 12.4. The minimum atomic E-state index is -0.231. The fourth-order valence-corrected chi connectivity index (χ4v) is 2.93. The Balaban J connectivity index is 2.18. The number of amides is 1. The number of nitrogens with one attached hydrogen (secondary N) is 1. The molecule has 0 fully saturated rings. The van der Waals surface area contributed by atoms with Crippen molar-refractivity contribution >= 4 is 17.2 Å². The number of thiazole rings is 1. The molecule has 1 aromatic heterocycles. The van der Waals surface area contributed by atoms with E-state index >= 15 is 0 Å². The van der Waals surface area contributed by atoms with Crippen LogP contribution in [0.15, 0.2) is 24.3 Å². The van der Waals surface area contributed by atoms with Gasteiger partial charge in [0.25, 0.3) is 11.1 Å². The molecule has 6 heteroatoms. The lowest BCUT2D eigenvalue weighted by Crippen LogP contribution is -2.29. The molecule has 0 aliphatic carbocycles. The van der Waals surface area contributed by atoms with E-state index in [0.29, 0.717) is 22.2 Å². The van der Waals surface area contributed by atoms with Crippen LogP contribution in [0, 0.1) is 13.8 Å². The Hall–Kier alpha value is -1.92. The SMILES string of the molecule is COc1nc(C)c(C(=O)N[C@@H](CCO)c2ccc(C)cc2)s1. The summed E-state index contributed by atoms with van der Waals surface area (Å²) in [4.78, 5) is 17.2. The first-order chi connectivity index (χ1) is 10.5. The van der Waals surface area contributed by atoms with Crippen molar-refractivity contribution in [2.45, 2.75) is 26.3 Å². The molecular weight excluding hydrogens is 300 g/mol. The quantitative estimate of drug-likeness (QED) is 0.858. The number of hydrogen-bond donors (Lipinski definition) is 2. The van der Waals surface area contributed by atoms with Gasteiger partial charge in [0, 0.05) is 6.61 Å². The third kappa shape index (κ3) is 3.84. The topological polar surface area (TPSA) is 71.5 Å². The molecule has 118 valence electrons. The Morgan fingerprint density at radius 3 is 2.59 bits per heavy atom. The Kier molecular flexibility index (Phi) is 5.51. The summed E-state index contributed by atoms with van der Waals surface area (Å²) in [5.74, 6) is -0.197. The maximum Gasteiger partial charge on any atom is 0.273 e. The van der Waals surface area contributed by atoms with Crippen LogP contribution in [0.25, 0.3) is 0 Å². The number of nitrogens with zero attached hydrogens (tertiary/aromatic N) is 1. The van der Waals surface area contributed by atoms with Gasteiger partial charge in [0.1, 0.15) is 4.88 Å². The lowest BCUT2D eigenvalue weighted by atomic mass is 10.0. The van der Waals surface area contributed by atoms with Crippen LogP contribution in [0.2, 0.25) is 0 Å². The van der Waals surface area contributed by atoms with Crippen molar-refractivity contribution in [3.8, 4) is 5.19 Å². The molecule has 5 nitrogen and oxygen atoms in total. The molecule has 1 aromatic carbocycles. The average molecular weight is 320 g/mol. The van der Waals surface area contributed by atoms with Crippen LogP contribution in [0.5, 0.6) is 5.19 Å². The Labute approximate surface area is 134 Å². The normalized spacial score (nSPS) is 12.0. The predicted octanol–water partition coefficient (Wildman–Crippen LogP) is 2.62. The fraction of sp³-hybridized carbons (Fsp3) is 0.375. The Bertz CT molecular complexity index is 637. The van der Waals surface area contributed by atoms with Crippen LogP contribution in [0.4, 0.5) is 0 Å². The van der Waals surface area contributed by atoms with E-state index in [4.69, 9.17) is 4.74 Å². The molecule has 0 saturated carbocycles. The smallest absolute Gasteiger partial charge is 0.273 e. The number of aromatic nitrogens is 1. The Morgan fingerprint density at radius 1 is 1.36 bits per heavy atom. The highest BCUT2D eigenvalue weighted by atomic mass is 32.1. The van der Waals surface area contributed by atoms with Gasteiger partial charge >= 0.3 is 0 Å². The van der Waals surface area contributed by atoms with Crippen LogP contribution in [-0.2, 0) is 0 Å². The first-order valence-electron chi connectivity index (χ1n) is 7.05. The van der Waals surface area contributed by atoms with Crippen molar-refractivity contribution in [1.82, 2.24) is 10.3 Å². The molecule has 0 aliphatic rings. The molecule has 0 spiro atoms. The van der Waals surface area contributed by atoms with Gasteiger partial charge in [-0.2, -0.15) is 0 Å². The third-order valence-electron chi connectivity index (χ3n) is 3.36. The third-order valence-corrected chi connectivity index (χ3v) is 4.48. The molecule has 2 rings (SSSR count). The van der Waals surface area contributed by atoms with E-state index in [-0.39, 0.29) is 18.6 Å². The molecular formula is C16H20N2O3S. The number of rotatable bonds is 6. The minimum Gasteiger partial charge on any atom is -0.473 e. The number of methoxy groups -OCH3 is 1. The van der Waals surface area contributed by atoms with Crippen LogP contribution < -0.4 is 10.1 Å². The Morgan fingerprint density at radius 2 is 2.05 bits per heavy atom. The van der Waals surface area contributed by atoms with Crippen molar-refractivity contribution in [1.29, 1.82) is 0 Å². The van der Waals surface area contributed by atoms with Gasteiger partial charge in [-0.1, -0.05) is 41.2 Å². The zero-order valence-electron chi connectivity index (χ0n) is 12.9. The van der Waals surface area contributed by atoms with Crippen molar-refractivity contribution in [2.75, 3.05) is 13.7 Å². The van der Waals surface area contributed by atoms with Crippen molar-refractivity contribution in [2.24, 2.45) is 0 Å². The second-order valence-electron chi connectivity index (χ2n) is 5.05. The van der Waals surface area contributed by atoms with E-state index in [0.717, 1.165) is 11.1 Å². The maximum atomic E-state index is 12.4. The lowest BCUT2D eigenvalue weighted by Gasteiger charge is -2.18.